The summed E-state index contributed by atoms with van der Waals surface area (Å²) < 4.78 is 36.3. The van der Waals surface area contributed by atoms with E-state index in [-0.39, 0.29) is 5.69 Å². The molecule has 2 N–H and O–H groups in total. The molecule has 0 fully saturated rings. The first-order valence-corrected chi connectivity index (χ1v) is 5.24. The molecular formula is C11H10F3N3O. The molecule has 0 unspecified atom stereocenters. The topological polar surface area (TPSA) is 53.5 Å². The Balaban J connectivity index is 2.15. The summed E-state index contributed by atoms with van der Waals surface area (Å²) in [4.78, 5) is 14.9. The van der Waals surface area contributed by atoms with E-state index in [1.807, 2.05) is 0 Å². The van der Waals surface area contributed by atoms with Crippen LogP contribution in [0, 0.1) is 0 Å². The molecule has 0 aromatic heterocycles. The van der Waals surface area contributed by atoms with Crippen molar-refractivity contribution in [2.45, 2.75) is 6.18 Å². The molecule has 1 aliphatic rings. The summed E-state index contributed by atoms with van der Waals surface area (Å²) in [6.45, 7) is 1.34. The zero-order valence-electron chi connectivity index (χ0n) is 9.21. The van der Waals surface area contributed by atoms with Crippen LogP contribution in [0.1, 0.15) is 5.56 Å². The van der Waals surface area contributed by atoms with Crippen molar-refractivity contribution in [3.05, 3.63) is 29.8 Å². The molecule has 1 heterocycles. The van der Waals surface area contributed by atoms with Crippen molar-refractivity contribution in [3.63, 3.8) is 0 Å². The van der Waals surface area contributed by atoms with Gasteiger partial charge in [0.1, 0.15) is 5.84 Å². The largest absolute Gasteiger partial charge is 0.471 e. The Morgan fingerprint density at radius 1 is 1.39 bits per heavy atom. The van der Waals surface area contributed by atoms with Gasteiger partial charge >= 0.3 is 12.1 Å². The van der Waals surface area contributed by atoms with Gasteiger partial charge < -0.3 is 10.6 Å². The van der Waals surface area contributed by atoms with Crippen molar-refractivity contribution in [3.8, 4) is 0 Å². The van der Waals surface area contributed by atoms with E-state index < -0.39 is 12.1 Å². The van der Waals surface area contributed by atoms with Crippen LogP contribution in [0.2, 0.25) is 0 Å². The zero-order valence-corrected chi connectivity index (χ0v) is 9.21. The van der Waals surface area contributed by atoms with Gasteiger partial charge in [-0.25, -0.2) is 0 Å². The minimum absolute atomic E-state index is 0.0891. The fourth-order valence-corrected chi connectivity index (χ4v) is 1.54. The van der Waals surface area contributed by atoms with E-state index in [9.17, 15) is 18.0 Å². The van der Waals surface area contributed by atoms with Gasteiger partial charge in [0.2, 0.25) is 0 Å². The van der Waals surface area contributed by atoms with E-state index in [0.717, 1.165) is 0 Å². The molecule has 1 amide bonds. The molecule has 1 aliphatic heterocycles. The van der Waals surface area contributed by atoms with Crippen LogP contribution in [0.3, 0.4) is 0 Å². The summed E-state index contributed by atoms with van der Waals surface area (Å²) in [5.41, 5.74) is 0.735. The molecule has 18 heavy (non-hydrogen) atoms. The third-order valence-electron chi connectivity index (χ3n) is 2.33. The van der Waals surface area contributed by atoms with Crippen LogP contribution in [0.5, 0.6) is 0 Å². The SMILES string of the molecule is O=C(Nc1cccc(C2=NCCN2)c1)C(F)(F)F. The van der Waals surface area contributed by atoms with Gasteiger partial charge in [0.25, 0.3) is 0 Å². The number of hydrogen-bond donors (Lipinski definition) is 2. The number of nitrogens with zero attached hydrogens (tertiary/aromatic N) is 1. The van der Waals surface area contributed by atoms with Crippen molar-refractivity contribution in [1.29, 1.82) is 0 Å². The number of aliphatic imine (C=N–C) groups is 1. The molecule has 4 nitrogen and oxygen atoms in total. The van der Waals surface area contributed by atoms with Crippen molar-refractivity contribution in [2.75, 3.05) is 18.4 Å². The molecule has 1 aromatic rings. The lowest BCUT2D eigenvalue weighted by Crippen LogP contribution is -2.30. The molecule has 0 atom stereocenters. The first kappa shape index (κ1) is 12.4. The van der Waals surface area contributed by atoms with Gasteiger partial charge in [0.15, 0.2) is 0 Å². The van der Waals surface area contributed by atoms with E-state index in [0.29, 0.717) is 24.5 Å². The number of alkyl halides is 3. The normalized spacial score (nSPS) is 14.9. The molecule has 0 bridgehead atoms. The summed E-state index contributed by atoms with van der Waals surface area (Å²) in [5.74, 6) is -1.36. The quantitative estimate of drug-likeness (QED) is 0.844. The Hall–Kier alpha value is -2.05. The average Bonchev–Trinajstić information content (AvgIpc) is 2.81. The van der Waals surface area contributed by atoms with Crippen LogP contribution in [0.4, 0.5) is 18.9 Å². The van der Waals surface area contributed by atoms with Gasteiger partial charge in [-0.05, 0) is 12.1 Å². The highest BCUT2D eigenvalue weighted by molar-refractivity contribution is 6.01. The summed E-state index contributed by atoms with van der Waals surface area (Å²) in [7, 11) is 0. The van der Waals surface area contributed by atoms with Crippen molar-refractivity contribution in [1.82, 2.24) is 5.32 Å². The van der Waals surface area contributed by atoms with E-state index in [1.54, 1.807) is 17.4 Å². The first-order valence-electron chi connectivity index (χ1n) is 5.24. The molecule has 0 saturated heterocycles. The number of amidine groups is 1. The molecule has 96 valence electrons. The number of amides is 1. The van der Waals surface area contributed by atoms with Crippen molar-refractivity contribution >= 4 is 17.4 Å². The van der Waals surface area contributed by atoms with Crippen molar-refractivity contribution < 1.29 is 18.0 Å². The first-order chi connectivity index (χ1) is 8.47. The van der Waals surface area contributed by atoms with Crippen LogP contribution in [0.25, 0.3) is 0 Å². The Kier molecular flexibility index (Phi) is 3.22. The second-order valence-electron chi connectivity index (χ2n) is 3.69. The highest BCUT2D eigenvalue weighted by Crippen LogP contribution is 2.19. The van der Waals surface area contributed by atoms with Crippen LogP contribution in [0.15, 0.2) is 29.3 Å². The number of carbonyl (C=O) groups is 1. The van der Waals surface area contributed by atoms with E-state index in [2.05, 4.69) is 10.3 Å². The number of anilines is 1. The molecular weight excluding hydrogens is 247 g/mol. The maximum Gasteiger partial charge on any atom is 0.471 e. The second kappa shape index (κ2) is 4.67. The summed E-state index contributed by atoms with van der Waals surface area (Å²) in [6, 6.07) is 6.10. The van der Waals surface area contributed by atoms with Gasteiger partial charge in [0.05, 0.1) is 6.54 Å². The van der Waals surface area contributed by atoms with Gasteiger partial charge in [-0.2, -0.15) is 13.2 Å². The van der Waals surface area contributed by atoms with Crippen LogP contribution in [-0.4, -0.2) is 31.0 Å². The monoisotopic (exact) mass is 257 g/mol. The Morgan fingerprint density at radius 3 is 2.78 bits per heavy atom. The van der Waals surface area contributed by atoms with E-state index in [4.69, 9.17) is 0 Å². The lowest BCUT2D eigenvalue weighted by Gasteiger charge is -2.09. The number of rotatable bonds is 2. The maximum absolute atomic E-state index is 12.1. The summed E-state index contributed by atoms with van der Waals surface area (Å²) in [6.07, 6.45) is -4.89. The molecule has 2 rings (SSSR count). The molecule has 0 radical (unpaired) electrons. The highest BCUT2D eigenvalue weighted by atomic mass is 19.4. The summed E-state index contributed by atoms with van der Waals surface area (Å²) in [5, 5.41) is 4.80. The number of hydrogen-bond acceptors (Lipinski definition) is 3. The maximum atomic E-state index is 12.1. The number of halogens is 3. The average molecular weight is 257 g/mol. The smallest absolute Gasteiger partial charge is 0.368 e. The lowest BCUT2D eigenvalue weighted by atomic mass is 10.2. The molecule has 0 spiro atoms. The zero-order chi connectivity index (χ0) is 13.2. The molecule has 1 aromatic carbocycles. The van der Waals surface area contributed by atoms with Crippen molar-refractivity contribution in [2.24, 2.45) is 4.99 Å². The predicted molar refractivity (Wildman–Crippen MR) is 60.5 cm³/mol. The molecule has 0 aliphatic carbocycles. The minimum atomic E-state index is -4.89. The van der Waals surface area contributed by atoms with Gasteiger partial charge in [-0.15, -0.1) is 0 Å². The number of benzene rings is 1. The lowest BCUT2D eigenvalue weighted by molar-refractivity contribution is -0.167. The minimum Gasteiger partial charge on any atom is -0.368 e. The summed E-state index contributed by atoms with van der Waals surface area (Å²) >= 11 is 0. The van der Waals surface area contributed by atoms with E-state index in [1.165, 1.54) is 12.1 Å². The molecule has 0 saturated carbocycles. The van der Waals surface area contributed by atoms with Crippen LogP contribution < -0.4 is 10.6 Å². The second-order valence-corrected chi connectivity index (χ2v) is 3.69. The fourth-order valence-electron chi connectivity index (χ4n) is 1.54. The fraction of sp³-hybridized carbons (Fsp3) is 0.273. The number of nitrogens with one attached hydrogen (secondary N) is 2. The van der Waals surface area contributed by atoms with E-state index >= 15 is 0 Å². The number of carbonyl (C=O) groups excluding carboxylic acids is 1. The Bertz CT molecular complexity index is 497. The standard InChI is InChI=1S/C11H10F3N3O/c12-11(13,14)10(18)17-8-3-1-2-7(6-8)9-15-4-5-16-9/h1-3,6H,4-5H2,(H,15,16)(H,17,18). The third-order valence-corrected chi connectivity index (χ3v) is 2.33. The Morgan fingerprint density at radius 2 is 2.17 bits per heavy atom. The van der Waals surface area contributed by atoms with Crippen LogP contribution in [-0.2, 0) is 4.79 Å². The Labute approximate surface area is 101 Å². The van der Waals surface area contributed by atoms with Gasteiger partial charge in [0, 0.05) is 17.8 Å². The molecule has 7 heteroatoms. The van der Waals surface area contributed by atoms with Gasteiger partial charge in [-0.1, -0.05) is 12.1 Å². The van der Waals surface area contributed by atoms with Crippen LogP contribution >= 0.6 is 0 Å². The predicted octanol–water partition coefficient (Wildman–Crippen LogP) is 1.54. The third kappa shape index (κ3) is 2.79. The van der Waals surface area contributed by atoms with Gasteiger partial charge in [-0.3, -0.25) is 9.79 Å². The highest BCUT2D eigenvalue weighted by Gasteiger charge is 2.38.